The Kier molecular flexibility index (Phi) is 5.30. The molecule has 0 heterocycles. The van der Waals surface area contributed by atoms with Crippen molar-refractivity contribution in [2.45, 2.75) is 13.5 Å². The third-order valence-corrected chi connectivity index (χ3v) is 4.27. The van der Waals surface area contributed by atoms with Gasteiger partial charge in [-0.3, -0.25) is 4.79 Å². The lowest BCUT2D eigenvalue weighted by atomic mass is 10.2. The molecule has 18 heavy (non-hydrogen) atoms. The van der Waals surface area contributed by atoms with E-state index < -0.39 is 16.0 Å². The maximum atomic E-state index is 11.9. The number of methoxy groups -OCH3 is 1. The highest BCUT2D eigenvalue weighted by Crippen LogP contribution is 2.09. The van der Waals surface area contributed by atoms with Gasteiger partial charge in [-0.25, -0.2) is 8.42 Å². The molecule has 0 atom stereocenters. The fraction of sp³-hybridized carbons (Fsp3) is 0.417. The maximum Gasteiger partial charge on any atom is 0.321 e. The Hall–Kier alpha value is -1.40. The Balaban J connectivity index is 2.88. The van der Waals surface area contributed by atoms with E-state index in [1.54, 1.807) is 6.92 Å². The van der Waals surface area contributed by atoms with E-state index in [0.29, 0.717) is 0 Å². The lowest BCUT2D eigenvalue weighted by Crippen LogP contribution is -2.36. The molecule has 0 bridgehead atoms. The van der Waals surface area contributed by atoms with Crippen LogP contribution in [0.4, 0.5) is 0 Å². The van der Waals surface area contributed by atoms with E-state index in [4.69, 9.17) is 0 Å². The summed E-state index contributed by atoms with van der Waals surface area (Å²) in [5, 5.41) is 0. The standard InChI is InChI=1S/C12H17NO4S/c1-3-18(15,16)13(10-12(14)17-2)9-11-7-5-4-6-8-11/h4-8H,3,9-10H2,1-2H3. The molecule has 0 aliphatic carbocycles. The third-order valence-electron chi connectivity index (χ3n) is 2.49. The summed E-state index contributed by atoms with van der Waals surface area (Å²) in [4.78, 5) is 11.2. The van der Waals surface area contributed by atoms with Crippen molar-refractivity contribution in [3.8, 4) is 0 Å². The minimum Gasteiger partial charge on any atom is -0.468 e. The summed E-state index contributed by atoms with van der Waals surface area (Å²) in [5.41, 5.74) is 0.832. The molecule has 0 radical (unpaired) electrons. The Morgan fingerprint density at radius 1 is 1.28 bits per heavy atom. The molecule has 5 nitrogen and oxygen atoms in total. The monoisotopic (exact) mass is 271 g/mol. The highest BCUT2D eigenvalue weighted by atomic mass is 32.2. The Morgan fingerprint density at radius 3 is 2.39 bits per heavy atom. The molecule has 100 valence electrons. The van der Waals surface area contributed by atoms with Crippen molar-refractivity contribution in [1.82, 2.24) is 4.31 Å². The van der Waals surface area contributed by atoms with Crippen LogP contribution < -0.4 is 0 Å². The Morgan fingerprint density at radius 2 is 1.89 bits per heavy atom. The third kappa shape index (κ3) is 4.12. The number of benzene rings is 1. The molecule has 1 rings (SSSR count). The Bertz CT molecular complexity index is 484. The molecule has 0 amide bonds. The number of esters is 1. The second kappa shape index (κ2) is 6.51. The summed E-state index contributed by atoms with van der Waals surface area (Å²) >= 11 is 0. The van der Waals surface area contributed by atoms with Crippen LogP contribution in [-0.4, -0.2) is 38.1 Å². The van der Waals surface area contributed by atoms with Crippen LogP contribution in [0.5, 0.6) is 0 Å². The predicted octanol–water partition coefficient (Wildman–Crippen LogP) is 1.01. The van der Waals surface area contributed by atoms with E-state index >= 15 is 0 Å². The van der Waals surface area contributed by atoms with Gasteiger partial charge in [0.15, 0.2) is 0 Å². The summed E-state index contributed by atoms with van der Waals surface area (Å²) in [6.45, 7) is 1.46. The Labute approximate surface area is 107 Å². The van der Waals surface area contributed by atoms with E-state index in [0.717, 1.165) is 9.87 Å². The average molecular weight is 271 g/mol. The zero-order chi connectivity index (χ0) is 13.6. The van der Waals surface area contributed by atoms with E-state index in [-0.39, 0.29) is 18.8 Å². The van der Waals surface area contributed by atoms with Crippen LogP contribution in [0.2, 0.25) is 0 Å². The van der Waals surface area contributed by atoms with Gasteiger partial charge in [0.1, 0.15) is 6.54 Å². The predicted molar refractivity (Wildman–Crippen MR) is 68.3 cm³/mol. The normalized spacial score (nSPS) is 11.5. The van der Waals surface area contributed by atoms with Crippen LogP contribution in [0.3, 0.4) is 0 Å². The number of carbonyl (C=O) groups is 1. The first-order valence-corrected chi connectivity index (χ1v) is 7.19. The van der Waals surface area contributed by atoms with E-state index in [2.05, 4.69) is 4.74 Å². The second-order valence-corrected chi connectivity index (χ2v) is 5.99. The van der Waals surface area contributed by atoms with Crippen LogP contribution >= 0.6 is 0 Å². The van der Waals surface area contributed by atoms with Gasteiger partial charge in [-0.2, -0.15) is 4.31 Å². The van der Waals surface area contributed by atoms with Gasteiger partial charge < -0.3 is 4.74 Å². The van der Waals surface area contributed by atoms with Crippen molar-refractivity contribution in [2.75, 3.05) is 19.4 Å². The van der Waals surface area contributed by atoms with Crippen molar-refractivity contribution in [3.63, 3.8) is 0 Å². The zero-order valence-corrected chi connectivity index (χ0v) is 11.3. The first-order chi connectivity index (χ1) is 8.49. The van der Waals surface area contributed by atoms with Crippen molar-refractivity contribution in [3.05, 3.63) is 35.9 Å². The van der Waals surface area contributed by atoms with Crippen molar-refractivity contribution >= 4 is 16.0 Å². The van der Waals surface area contributed by atoms with Crippen LogP contribution in [-0.2, 0) is 26.1 Å². The van der Waals surface area contributed by atoms with Gasteiger partial charge >= 0.3 is 5.97 Å². The molecule has 6 heteroatoms. The topological polar surface area (TPSA) is 63.7 Å². The minimum atomic E-state index is -3.43. The number of ether oxygens (including phenoxy) is 1. The fourth-order valence-corrected chi connectivity index (χ4v) is 2.44. The van der Waals surface area contributed by atoms with Gasteiger partial charge in [-0.05, 0) is 12.5 Å². The van der Waals surface area contributed by atoms with Crippen LogP contribution in [0.15, 0.2) is 30.3 Å². The molecular formula is C12H17NO4S. The molecule has 1 aromatic rings. The van der Waals surface area contributed by atoms with Gasteiger partial charge in [0, 0.05) is 6.54 Å². The summed E-state index contributed by atoms with van der Waals surface area (Å²) in [7, 11) is -2.19. The first kappa shape index (κ1) is 14.7. The average Bonchev–Trinajstić information content (AvgIpc) is 2.39. The molecular weight excluding hydrogens is 254 g/mol. The molecule has 0 aliphatic heterocycles. The lowest BCUT2D eigenvalue weighted by Gasteiger charge is -2.20. The zero-order valence-electron chi connectivity index (χ0n) is 10.5. The molecule has 0 aromatic heterocycles. The van der Waals surface area contributed by atoms with E-state index in [1.165, 1.54) is 7.11 Å². The molecule has 0 fully saturated rings. The molecule has 0 saturated heterocycles. The smallest absolute Gasteiger partial charge is 0.321 e. The van der Waals surface area contributed by atoms with Crippen LogP contribution in [0.25, 0.3) is 0 Å². The number of nitrogens with zero attached hydrogens (tertiary/aromatic N) is 1. The highest BCUT2D eigenvalue weighted by molar-refractivity contribution is 7.89. The van der Waals surface area contributed by atoms with Crippen molar-refractivity contribution in [1.29, 1.82) is 0 Å². The van der Waals surface area contributed by atoms with Crippen molar-refractivity contribution < 1.29 is 17.9 Å². The van der Waals surface area contributed by atoms with Gasteiger partial charge in [0.2, 0.25) is 10.0 Å². The van der Waals surface area contributed by atoms with Gasteiger partial charge in [-0.15, -0.1) is 0 Å². The summed E-state index contributed by atoms with van der Waals surface area (Å²) in [6, 6.07) is 9.13. The summed E-state index contributed by atoms with van der Waals surface area (Å²) < 4.78 is 29.4. The quantitative estimate of drug-likeness (QED) is 0.724. The first-order valence-electron chi connectivity index (χ1n) is 5.58. The molecule has 0 spiro atoms. The minimum absolute atomic E-state index is 0.0448. The number of rotatable bonds is 6. The molecule has 0 saturated carbocycles. The molecule has 0 N–H and O–H groups in total. The summed E-state index contributed by atoms with van der Waals surface area (Å²) in [6.07, 6.45) is 0. The summed E-state index contributed by atoms with van der Waals surface area (Å²) in [5.74, 6) is -0.612. The van der Waals surface area contributed by atoms with E-state index in [1.807, 2.05) is 30.3 Å². The van der Waals surface area contributed by atoms with Gasteiger partial charge in [0.25, 0.3) is 0 Å². The number of carbonyl (C=O) groups excluding carboxylic acids is 1. The molecule has 1 aromatic carbocycles. The SMILES string of the molecule is CCS(=O)(=O)N(CC(=O)OC)Cc1ccccc1. The second-order valence-electron chi connectivity index (χ2n) is 3.73. The van der Waals surface area contributed by atoms with Crippen LogP contribution in [0.1, 0.15) is 12.5 Å². The number of hydrogen-bond acceptors (Lipinski definition) is 4. The number of sulfonamides is 1. The van der Waals surface area contributed by atoms with E-state index in [9.17, 15) is 13.2 Å². The van der Waals surface area contributed by atoms with Crippen LogP contribution in [0, 0.1) is 0 Å². The molecule has 0 aliphatic rings. The van der Waals surface area contributed by atoms with Crippen molar-refractivity contribution in [2.24, 2.45) is 0 Å². The lowest BCUT2D eigenvalue weighted by molar-refractivity contribution is -0.140. The largest absolute Gasteiger partial charge is 0.468 e. The highest BCUT2D eigenvalue weighted by Gasteiger charge is 2.23. The maximum absolute atomic E-state index is 11.9. The molecule has 0 unspecified atom stereocenters. The fourth-order valence-electron chi connectivity index (χ4n) is 1.43. The van der Waals surface area contributed by atoms with Gasteiger partial charge in [-0.1, -0.05) is 30.3 Å². The number of hydrogen-bond donors (Lipinski definition) is 0. The van der Waals surface area contributed by atoms with Gasteiger partial charge in [0.05, 0.1) is 12.9 Å².